The van der Waals surface area contributed by atoms with Gasteiger partial charge >= 0.3 is 0 Å². The van der Waals surface area contributed by atoms with Gasteiger partial charge in [-0.15, -0.1) is 0 Å². The lowest BCUT2D eigenvalue weighted by molar-refractivity contribution is 0.0309. The number of hydrogen-bond donors (Lipinski definition) is 0. The van der Waals surface area contributed by atoms with E-state index in [4.69, 9.17) is 4.42 Å². The molecule has 0 aromatic carbocycles. The van der Waals surface area contributed by atoms with Crippen molar-refractivity contribution in [3.63, 3.8) is 0 Å². The van der Waals surface area contributed by atoms with Crippen LogP contribution in [0.4, 0.5) is 0 Å². The zero-order valence-electron chi connectivity index (χ0n) is 14.3. The molecule has 4 heterocycles. The van der Waals surface area contributed by atoms with Gasteiger partial charge < -0.3 is 4.42 Å². The molecule has 2 aromatic heterocycles. The van der Waals surface area contributed by atoms with E-state index < -0.39 is 9.84 Å². The first kappa shape index (κ1) is 16.8. The van der Waals surface area contributed by atoms with E-state index in [1.807, 2.05) is 37.3 Å². The van der Waals surface area contributed by atoms with Crippen molar-refractivity contribution in [1.82, 2.24) is 14.8 Å². The number of furan rings is 1. The Morgan fingerprint density at radius 1 is 1.08 bits per heavy atom. The zero-order valence-corrected chi connectivity index (χ0v) is 15.2. The highest BCUT2D eigenvalue weighted by Gasteiger charge is 2.46. The SMILES string of the molecule is Cc1ccc(CN2CCN(Cc3ccccn3)[C@H]3CS(=O)(=O)C[C@H]32)o1. The van der Waals surface area contributed by atoms with Gasteiger partial charge in [0.05, 0.1) is 23.7 Å². The molecule has 134 valence electrons. The summed E-state index contributed by atoms with van der Waals surface area (Å²) in [6.07, 6.45) is 1.79. The molecule has 4 rings (SSSR count). The van der Waals surface area contributed by atoms with Gasteiger partial charge in [0.1, 0.15) is 11.5 Å². The predicted octanol–water partition coefficient (Wildman–Crippen LogP) is 1.47. The fourth-order valence-corrected chi connectivity index (χ4v) is 6.00. The highest BCUT2D eigenvalue weighted by Crippen LogP contribution is 2.29. The maximum absolute atomic E-state index is 12.3. The number of aromatic nitrogens is 1. The minimum atomic E-state index is -3.01. The van der Waals surface area contributed by atoms with E-state index >= 15 is 0 Å². The molecule has 0 N–H and O–H groups in total. The molecule has 0 radical (unpaired) electrons. The maximum Gasteiger partial charge on any atom is 0.153 e. The molecule has 2 aliphatic rings. The van der Waals surface area contributed by atoms with Gasteiger partial charge in [0, 0.05) is 37.9 Å². The van der Waals surface area contributed by atoms with Crippen LogP contribution in [0.2, 0.25) is 0 Å². The van der Waals surface area contributed by atoms with Crippen molar-refractivity contribution >= 4 is 9.84 Å². The van der Waals surface area contributed by atoms with Crippen LogP contribution in [0.15, 0.2) is 40.9 Å². The Morgan fingerprint density at radius 3 is 2.40 bits per heavy atom. The molecule has 2 aromatic rings. The van der Waals surface area contributed by atoms with Gasteiger partial charge in [0.2, 0.25) is 0 Å². The first-order valence-electron chi connectivity index (χ1n) is 8.64. The van der Waals surface area contributed by atoms with Crippen LogP contribution < -0.4 is 0 Å². The molecule has 0 spiro atoms. The molecule has 2 fully saturated rings. The van der Waals surface area contributed by atoms with Crippen molar-refractivity contribution in [3.05, 3.63) is 53.7 Å². The fourth-order valence-electron chi connectivity index (χ4n) is 3.96. The maximum atomic E-state index is 12.3. The molecule has 2 atom stereocenters. The van der Waals surface area contributed by atoms with Crippen LogP contribution in [0.1, 0.15) is 17.2 Å². The Labute approximate surface area is 148 Å². The molecule has 0 saturated carbocycles. The molecular formula is C18H23N3O3S. The number of rotatable bonds is 4. The summed E-state index contributed by atoms with van der Waals surface area (Å²) in [5, 5.41) is 0. The van der Waals surface area contributed by atoms with E-state index in [-0.39, 0.29) is 23.6 Å². The van der Waals surface area contributed by atoms with Crippen molar-refractivity contribution in [2.75, 3.05) is 24.6 Å². The molecule has 6 nitrogen and oxygen atoms in total. The summed E-state index contributed by atoms with van der Waals surface area (Å²) in [5.41, 5.74) is 0.987. The quantitative estimate of drug-likeness (QED) is 0.822. The van der Waals surface area contributed by atoms with Crippen LogP contribution in [0.5, 0.6) is 0 Å². The molecule has 0 amide bonds. The Kier molecular flexibility index (Phi) is 4.39. The molecule has 2 saturated heterocycles. The van der Waals surface area contributed by atoms with Crippen LogP contribution in [0.25, 0.3) is 0 Å². The second-order valence-corrected chi connectivity index (χ2v) is 9.14. The van der Waals surface area contributed by atoms with Gasteiger partial charge in [-0.3, -0.25) is 14.8 Å². The molecule has 7 heteroatoms. The van der Waals surface area contributed by atoms with Crippen molar-refractivity contribution in [1.29, 1.82) is 0 Å². The summed E-state index contributed by atoms with van der Waals surface area (Å²) in [4.78, 5) is 8.94. The Bertz CT molecular complexity index is 834. The predicted molar refractivity (Wildman–Crippen MR) is 94.7 cm³/mol. The first-order chi connectivity index (χ1) is 12.0. The normalized spacial score (nSPS) is 26.6. The van der Waals surface area contributed by atoms with Gasteiger partial charge in [0.15, 0.2) is 9.84 Å². The lowest BCUT2D eigenvalue weighted by Gasteiger charge is -2.43. The van der Waals surface area contributed by atoms with E-state index in [9.17, 15) is 8.42 Å². The summed E-state index contributed by atoms with van der Waals surface area (Å²) in [6, 6.07) is 9.85. The summed E-state index contributed by atoms with van der Waals surface area (Å²) < 4.78 is 30.3. The number of aryl methyl sites for hydroxylation is 1. The van der Waals surface area contributed by atoms with Gasteiger partial charge in [0.25, 0.3) is 0 Å². The highest BCUT2D eigenvalue weighted by molar-refractivity contribution is 7.91. The van der Waals surface area contributed by atoms with E-state index in [1.54, 1.807) is 6.20 Å². The van der Waals surface area contributed by atoms with E-state index in [2.05, 4.69) is 14.8 Å². The second kappa shape index (κ2) is 6.55. The molecule has 2 aliphatic heterocycles. The summed E-state index contributed by atoms with van der Waals surface area (Å²) in [6.45, 7) is 4.97. The standard InChI is InChI=1S/C18H23N3O3S/c1-14-5-6-16(24-14)11-21-9-8-20(10-15-4-2-3-7-19-15)17-12-25(22,23)13-18(17)21/h2-7,17-18H,8-13H2,1H3/t17-,18+/m0/s1. The highest BCUT2D eigenvalue weighted by atomic mass is 32.2. The monoisotopic (exact) mass is 361 g/mol. The van der Waals surface area contributed by atoms with Crippen LogP contribution in [-0.4, -0.2) is 59.9 Å². The average Bonchev–Trinajstić information content (AvgIpc) is 3.13. The third kappa shape index (κ3) is 3.63. The molecule has 0 unspecified atom stereocenters. The summed E-state index contributed by atoms with van der Waals surface area (Å²) >= 11 is 0. The third-order valence-corrected chi connectivity index (χ3v) is 6.85. The number of hydrogen-bond acceptors (Lipinski definition) is 6. The number of nitrogens with zero attached hydrogens (tertiary/aromatic N) is 3. The Balaban J connectivity index is 1.53. The minimum absolute atomic E-state index is 0.0212. The lowest BCUT2D eigenvalue weighted by Crippen LogP contribution is -2.58. The van der Waals surface area contributed by atoms with Crippen LogP contribution >= 0.6 is 0 Å². The number of fused-ring (bicyclic) bond motifs is 1. The Morgan fingerprint density at radius 2 is 1.80 bits per heavy atom. The van der Waals surface area contributed by atoms with Crippen molar-refractivity contribution in [2.45, 2.75) is 32.1 Å². The minimum Gasteiger partial charge on any atom is -0.465 e. The fraction of sp³-hybridized carbons (Fsp3) is 0.500. The molecule has 0 aliphatic carbocycles. The lowest BCUT2D eigenvalue weighted by atomic mass is 10.0. The second-order valence-electron chi connectivity index (χ2n) is 6.99. The van der Waals surface area contributed by atoms with Gasteiger partial charge in [-0.1, -0.05) is 6.07 Å². The van der Waals surface area contributed by atoms with E-state index in [0.717, 1.165) is 30.3 Å². The van der Waals surface area contributed by atoms with Gasteiger partial charge in [-0.2, -0.15) is 0 Å². The largest absolute Gasteiger partial charge is 0.465 e. The van der Waals surface area contributed by atoms with Crippen molar-refractivity contribution in [2.24, 2.45) is 0 Å². The zero-order chi connectivity index (χ0) is 17.4. The average molecular weight is 361 g/mol. The molecular weight excluding hydrogens is 338 g/mol. The topological polar surface area (TPSA) is 66.7 Å². The van der Waals surface area contributed by atoms with Gasteiger partial charge in [-0.05, 0) is 31.2 Å². The molecule has 25 heavy (non-hydrogen) atoms. The molecule has 0 bridgehead atoms. The van der Waals surface area contributed by atoms with E-state index in [1.165, 1.54) is 0 Å². The third-order valence-electron chi connectivity index (χ3n) is 5.15. The number of pyridine rings is 1. The van der Waals surface area contributed by atoms with Crippen LogP contribution in [0.3, 0.4) is 0 Å². The summed E-state index contributed by atoms with van der Waals surface area (Å²) in [7, 11) is -3.01. The Hall–Kier alpha value is -1.70. The van der Waals surface area contributed by atoms with Crippen molar-refractivity contribution < 1.29 is 12.8 Å². The number of piperazine rings is 1. The number of sulfone groups is 1. The van der Waals surface area contributed by atoms with Gasteiger partial charge in [-0.25, -0.2) is 8.42 Å². The summed E-state index contributed by atoms with van der Waals surface area (Å²) in [5.74, 6) is 2.26. The van der Waals surface area contributed by atoms with Crippen LogP contribution in [0, 0.1) is 6.92 Å². The van der Waals surface area contributed by atoms with E-state index in [0.29, 0.717) is 13.1 Å². The van der Waals surface area contributed by atoms with Crippen molar-refractivity contribution in [3.8, 4) is 0 Å². The van der Waals surface area contributed by atoms with Crippen LogP contribution in [-0.2, 0) is 22.9 Å². The first-order valence-corrected chi connectivity index (χ1v) is 10.5. The smallest absolute Gasteiger partial charge is 0.153 e.